The highest BCUT2D eigenvalue weighted by Crippen LogP contribution is 2.36. The van der Waals surface area contributed by atoms with Crippen molar-refractivity contribution in [2.45, 2.75) is 77.0 Å². The molecule has 0 amide bonds. The van der Waals surface area contributed by atoms with Gasteiger partial charge in [-0.25, -0.2) is 0 Å². The first-order valence-corrected chi connectivity index (χ1v) is 14.0. The largest absolute Gasteiger partial charge is 0.407 e. The quantitative estimate of drug-likeness (QED) is 0.217. The highest BCUT2D eigenvalue weighted by Gasteiger charge is 2.49. The monoisotopic (exact) mass is 464 g/mol. The van der Waals surface area contributed by atoms with Crippen LogP contribution in [0, 0.1) is 11.8 Å². The molecule has 0 fully saturated rings. The van der Waals surface area contributed by atoms with Gasteiger partial charge in [0, 0.05) is 13.0 Å². The van der Waals surface area contributed by atoms with E-state index in [-0.39, 0.29) is 5.04 Å². The van der Waals surface area contributed by atoms with Crippen molar-refractivity contribution in [2.24, 2.45) is 0 Å². The van der Waals surface area contributed by atoms with E-state index in [1.807, 2.05) is 18.2 Å². The molecule has 0 radical (unpaired) electrons. The summed E-state index contributed by atoms with van der Waals surface area (Å²) in [4.78, 5) is 0. The van der Waals surface area contributed by atoms with Gasteiger partial charge < -0.3 is 14.6 Å². The molecule has 0 bridgehead atoms. The predicted octanol–water partition coefficient (Wildman–Crippen LogP) is 4.81. The average Bonchev–Trinajstić information content (AvgIpc) is 2.81. The molecule has 0 spiro atoms. The Morgan fingerprint density at radius 1 is 0.939 bits per heavy atom. The Labute approximate surface area is 201 Å². The second-order valence-electron chi connectivity index (χ2n) is 9.44. The van der Waals surface area contributed by atoms with Gasteiger partial charge >= 0.3 is 0 Å². The highest BCUT2D eigenvalue weighted by molar-refractivity contribution is 6.99. The maximum absolute atomic E-state index is 10.2. The van der Waals surface area contributed by atoms with Crippen LogP contribution in [-0.2, 0) is 4.43 Å². The van der Waals surface area contributed by atoms with Gasteiger partial charge in [0.25, 0.3) is 8.32 Å². The van der Waals surface area contributed by atoms with Crippen LogP contribution in [0.1, 0.15) is 59.8 Å². The van der Waals surface area contributed by atoms with Crippen molar-refractivity contribution in [3.63, 3.8) is 0 Å². The maximum Gasteiger partial charge on any atom is 0.261 e. The van der Waals surface area contributed by atoms with Crippen molar-refractivity contribution in [3.8, 4) is 11.8 Å². The summed E-state index contributed by atoms with van der Waals surface area (Å²) in [6.45, 7) is 9.46. The molecule has 0 saturated carbocycles. The normalized spacial score (nSPS) is 14.0. The summed E-state index contributed by atoms with van der Waals surface area (Å²) < 4.78 is 6.83. The SMILES string of the molecule is CCCCCC#C[C@H](O)[C@H](O)/C=C/CCO[Si](c1ccccc1)(c1ccccc1)C(C)(C)C. The highest BCUT2D eigenvalue weighted by atomic mass is 28.4. The minimum absolute atomic E-state index is 0.0670. The Balaban J connectivity index is 2.09. The van der Waals surface area contributed by atoms with Crippen LogP contribution in [0.2, 0.25) is 5.04 Å². The van der Waals surface area contributed by atoms with Gasteiger partial charge in [-0.05, 0) is 28.3 Å². The van der Waals surface area contributed by atoms with Crippen LogP contribution in [0.4, 0.5) is 0 Å². The molecule has 3 nitrogen and oxygen atoms in total. The molecule has 33 heavy (non-hydrogen) atoms. The second-order valence-corrected chi connectivity index (χ2v) is 13.7. The van der Waals surface area contributed by atoms with E-state index in [9.17, 15) is 10.2 Å². The molecule has 0 aliphatic carbocycles. The predicted molar refractivity (Wildman–Crippen MR) is 141 cm³/mol. The minimum atomic E-state index is -2.55. The van der Waals surface area contributed by atoms with E-state index in [2.05, 4.69) is 88.1 Å². The van der Waals surface area contributed by atoms with E-state index < -0.39 is 20.5 Å². The molecule has 2 N–H and O–H groups in total. The zero-order valence-corrected chi connectivity index (χ0v) is 21.6. The third-order valence-electron chi connectivity index (χ3n) is 5.83. The van der Waals surface area contributed by atoms with Gasteiger partial charge in [-0.3, -0.25) is 0 Å². The van der Waals surface area contributed by atoms with Gasteiger partial charge in [-0.1, -0.05) is 119 Å². The fourth-order valence-corrected chi connectivity index (χ4v) is 8.69. The lowest BCUT2D eigenvalue weighted by Crippen LogP contribution is -2.66. The summed E-state index contributed by atoms with van der Waals surface area (Å²) in [6.07, 6.45) is 6.18. The molecule has 0 heterocycles. The standard InChI is InChI=1S/C29H40O3Si/c1-5-6-7-8-15-22-27(30)28(31)23-16-17-24-32-33(29(2,3)4,25-18-11-9-12-19-25)26-20-13-10-14-21-26/h9-14,16,18-21,23,27-28,30-31H,5-8,17,24H2,1-4H3/b23-16+/t27-,28+/m0/s1. The fraction of sp³-hybridized carbons (Fsp3) is 0.448. The fourth-order valence-electron chi connectivity index (χ4n) is 4.11. The van der Waals surface area contributed by atoms with E-state index in [0.29, 0.717) is 13.0 Å². The van der Waals surface area contributed by atoms with Gasteiger partial charge in [-0.2, -0.15) is 0 Å². The first kappa shape index (κ1) is 27.1. The zero-order chi connectivity index (χ0) is 24.2. The van der Waals surface area contributed by atoms with Crippen molar-refractivity contribution in [3.05, 3.63) is 72.8 Å². The molecule has 0 aliphatic rings. The van der Waals surface area contributed by atoms with Gasteiger partial charge in [0.15, 0.2) is 0 Å². The second kappa shape index (κ2) is 13.5. The Hall–Kier alpha value is -2.16. The lowest BCUT2D eigenvalue weighted by molar-refractivity contribution is 0.0866. The van der Waals surface area contributed by atoms with Crippen LogP contribution in [0.5, 0.6) is 0 Å². The molecule has 0 aliphatic heterocycles. The van der Waals surface area contributed by atoms with Crippen LogP contribution in [0.3, 0.4) is 0 Å². The molecule has 0 aromatic heterocycles. The Bertz CT molecular complexity index is 852. The van der Waals surface area contributed by atoms with E-state index in [4.69, 9.17) is 4.43 Å². The number of hydrogen-bond donors (Lipinski definition) is 2. The minimum Gasteiger partial charge on any atom is -0.407 e. The molecule has 2 aromatic carbocycles. The van der Waals surface area contributed by atoms with E-state index in [0.717, 1.165) is 25.7 Å². The molecular formula is C29H40O3Si. The number of benzene rings is 2. The summed E-state index contributed by atoms with van der Waals surface area (Å²) in [7, 11) is -2.55. The number of unbranched alkanes of at least 4 members (excludes halogenated alkanes) is 3. The van der Waals surface area contributed by atoms with E-state index >= 15 is 0 Å². The third kappa shape index (κ3) is 7.69. The van der Waals surface area contributed by atoms with Crippen LogP contribution < -0.4 is 10.4 Å². The van der Waals surface area contributed by atoms with Crippen LogP contribution in [0.25, 0.3) is 0 Å². The number of aliphatic hydroxyl groups excluding tert-OH is 2. The maximum atomic E-state index is 10.2. The number of aliphatic hydroxyl groups is 2. The average molecular weight is 465 g/mol. The molecule has 178 valence electrons. The third-order valence-corrected chi connectivity index (χ3v) is 10.9. The molecule has 0 saturated heterocycles. The summed E-state index contributed by atoms with van der Waals surface area (Å²) >= 11 is 0. The smallest absolute Gasteiger partial charge is 0.261 e. The molecule has 0 unspecified atom stereocenters. The van der Waals surface area contributed by atoms with Crippen molar-refractivity contribution >= 4 is 18.7 Å². The van der Waals surface area contributed by atoms with Crippen LogP contribution in [0.15, 0.2) is 72.8 Å². The lowest BCUT2D eigenvalue weighted by atomic mass is 10.1. The van der Waals surface area contributed by atoms with Gasteiger partial charge in [0.1, 0.15) is 12.2 Å². The Morgan fingerprint density at radius 3 is 2.03 bits per heavy atom. The molecule has 2 rings (SSSR count). The van der Waals surface area contributed by atoms with Crippen LogP contribution >= 0.6 is 0 Å². The summed E-state index contributed by atoms with van der Waals surface area (Å²) in [5.74, 6) is 5.71. The summed E-state index contributed by atoms with van der Waals surface area (Å²) in [6, 6.07) is 21.1. The molecular weight excluding hydrogens is 424 g/mol. The van der Waals surface area contributed by atoms with Crippen molar-refractivity contribution in [1.29, 1.82) is 0 Å². The van der Waals surface area contributed by atoms with Crippen molar-refractivity contribution in [1.82, 2.24) is 0 Å². The first-order valence-electron chi connectivity index (χ1n) is 12.1. The topological polar surface area (TPSA) is 49.7 Å². The first-order chi connectivity index (χ1) is 15.8. The van der Waals surface area contributed by atoms with E-state index in [1.54, 1.807) is 6.08 Å². The zero-order valence-electron chi connectivity index (χ0n) is 20.6. The lowest BCUT2D eigenvalue weighted by Gasteiger charge is -2.43. The van der Waals surface area contributed by atoms with Gasteiger partial charge in [0.05, 0.1) is 0 Å². The summed E-state index contributed by atoms with van der Waals surface area (Å²) in [5.41, 5.74) is 0. The number of hydrogen-bond acceptors (Lipinski definition) is 3. The Morgan fingerprint density at radius 2 is 1.52 bits per heavy atom. The molecule has 4 heteroatoms. The molecule has 2 aromatic rings. The van der Waals surface area contributed by atoms with Gasteiger partial charge in [0.2, 0.25) is 0 Å². The molecule has 2 atom stereocenters. The summed E-state index contributed by atoms with van der Waals surface area (Å²) in [5, 5.41) is 22.7. The van der Waals surface area contributed by atoms with Gasteiger partial charge in [-0.15, -0.1) is 5.92 Å². The number of rotatable bonds is 11. The van der Waals surface area contributed by atoms with Crippen molar-refractivity contribution in [2.75, 3.05) is 6.61 Å². The van der Waals surface area contributed by atoms with Crippen molar-refractivity contribution < 1.29 is 14.6 Å². The van der Waals surface area contributed by atoms with Crippen LogP contribution in [-0.4, -0.2) is 37.3 Å². The van der Waals surface area contributed by atoms with E-state index in [1.165, 1.54) is 10.4 Å². The Kier molecular flexibility index (Phi) is 11.1.